The number of fused-ring (bicyclic) bond motifs is 1. The molecule has 0 radical (unpaired) electrons. The molecule has 4 rings (SSSR count). The van der Waals surface area contributed by atoms with Crippen LogP contribution in [0, 0.1) is 6.92 Å². The molecule has 0 atom stereocenters. The SMILES string of the molecule is Cc1cccc(OCCn2c(CCCNC(=O)COc3ccccc3)nc3ccccc32)c1. The molecule has 0 unspecified atom stereocenters. The van der Waals surface area contributed by atoms with Gasteiger partial charge in [0, 0.05) is 13.0 Å². The topological polar surface area (TPSA) is 65.4 Å². The van der Waals surface area contributed by atoms with Gasteiger partial charge in [-0.3, -0.25) is 4.79 Å². The van der Waals surface area contributed by atoms with E-state index < -0.39 is 0 Å². The van der Waals surface area contributed by atoms with E-state index in [4.69, 9.17) is 14.5 Å². The van der Waals surface area contributed by atoms with Gasteiger partial charge < -0.3 is 19.4 Å². The van der Waals surface area contributed by atoms with Crippen molar-refractivity contribution in [3.05, 3.63) is 90.3 Å². The Morgan fingerprint density at radius 1 is 0.939 bits per heavy atom. The Bertz CT molecular complexity index is 1190. The quantitative estimate of drug-likeness (QED) is 0.345. The molecule has 170 valence electrons. The van der Waals surface area contributed by atoms with Gasteiger partial charge in [0.25, 0.3) is 5.91 Å². The van der Waals surface area contributed by atoms with Gasteiger partial charge in [0.1, 0.15) is 23.9 Å². The average Bonchev–Trinajstić information content (AvgIpc) is 3.19. The first-order chi connectivity index (χ1) is 16.2. The molecule has 0 saturated heterocycles. The van der Waals surface area contributed by atoms with Crippen molar-refractivity contribution in [3.8, 4) is 11.5 Å². The van der Waals surface area contributed by atoms with E-state index in [1.54, 1.807) is 0 Å². The Balaban J connectivity index is 1.29. The van der Waals surface area contributed by atoms with Crippen molar-refractivity contribution in [2.24, 2.45) is 0 Å². The number of hydrogen-bond acceptors (Lipinski definition) is 4. The van der Waals surface area contributed by atoms with Crippen LogP contribution in [0.1, 0.15) is 17.8 Å². The van der Waals surface area contributed by atoms with Gasteiger partial charge in [-0.05, 0) is 55.3 Å². The minimum atomic E-state index is -0.126. The molecule has 0 bridgehead atoms. The number of carbonyl (C=O) groups excluding carboxylic acids is 1. The predicted molar refractivity (Wildman–Crippen MR) is 130 cm³/mol. The van der Waals surface area contributed by atoms with Crippen LogP contribution in [0.2, 0.25) is 0 Å². The smallest absolute Gasteiger partial charge is 0.257 e. The van der Waals surface area contributed by atoms with Crippen LogP contribution in [-0.4, -0.2) is 35.2 Å². The Morgan fingerprint density at radius 2 is 1.73 bits per heavy atom. The largest absolute Gasteiger partial charge is 0.492 e. The molecule has 0 fully saturated rings. The van der Waals surface area contributed by atoms with Crippen molar-refractivity contribution in [3.63, 3.8) is 0 Å². The minimum absolute atomic E-state index is 0.0127. The number of aromatic nitrogens is 2. The summed E-state index contributed by atoms with van der Waals surface area (Å²) >= 11 is 0. The second kappa shape index (κ2) is 11.2. The van der Waals surface area contributed by atoms with E-state index in [0.29, 0.717) is 25.4 Å². The number of carbonyl (C=O) groups is 1. The van der Waals surface area contributed by atoms with Crippen LogP contribution < -0.4 is 14.8 Å². The van der Waals surface area contributed by atoms with Crippen LogP contribution in [0.5, 0.6) is 11.5 Å². The van der Waals surface area contributed by atoms with E-state index in [-0.39, 0.29) is 12.5 Å². The lowest BCUT2D eigenvalue weighted by molar-refractivity contribution is -0.123. The van der Waals surface area contributed by atoms with Gasteiger partial charge in [-0.15, -0.1) is 0 Å². The van der Waals surface area contributed by atoms with Crippen LogP contribution >= 0.6 is 0 Å². The highest BCUT2D eigenvalue weighted by Gasteiger charge is 2.11. The zero-order valence-corrected chi connectivity index (χ0v) is 18.9. The Kier molecular flexibility index (Phi) is 7.59. The summed E-state index contributed by atoms with van der Waals surface area (Å²) in [7, 11) is 0. The average molecular weight is 444 g/mol. The Morgan fingerprint density at radius 3 is 2.58 bits per heavy atom. The third kappa shape index (κ3) is 6.35. The zero-order valence-electron chi connectivity index (χ0n) is 18.9. The summed E-state index contributed by atoms with van der Waals surface area (Å²) in [5, 5.41) is 2.92. The van der Waals surface area contributed by atoms with Crippen molar-refractivity contribution in [2.75, 3.05) is 19.8 Å². The number of rotatable bonds is 11. The van der Waals surface area contributed by atoms with Crippen LogP contribution in [-0.2, 0) is 17.8 Å². The van der Waals surface area contributed by atoms with Crippen LogP contribution in [0.15, 0.2) is 78.9 Å². The molecule has 6 heteroatoms. The standard InChI is InChI=1S/C27H29N3O3/c1-21-9-7-12-23(19-21)32-18-17-30-25-14-6-5-13-24(25)29-26(30)15-8-16-28-27(31)20-33-22-10-3-2-4-11-22/h2-7,9-14,19H,8,15-18,20H2,1H3,(H,28,31). The van der Waals surface area contributed by atoms with Crippen molar-refractivity contribution in [2.45, 2.75) is 26.3 Å². The molecule has 0 spiro atoms. The van der Waals surface area contributed by atoms with Gasteiger partial charge in [0.05, 0.1) is 17.6 Å². The van der Waals surface area contributed by atoms with Crippen molar-refractivity contribution < 1.29 is 14.3 Å². The molecule has 1 aromatic heterocycles. The molecule has 0 aliphatic carbocycles. The van der Waals surface area contributed by atoms with E-state index in [0.717, 1.165) is 35.4 Å². The first kappa shape index (κ1) is 22.4. The highest BCUT2D eigenvalue weighted by atomic mass is 16.5. The molecule has 0 saturated carbocycles. The highest BCUT2D eigenvalue weighted by molar-refractivity contribution is 5.77. The number of ether oxygens (including phenoxy) is 2. The summed E-state index contributed by atoms with van der Waals surface area (Å²) in [5.74, 6) is 2.44. The normalized spacial score (nSPS) is 10.8. The highest BCUT2D eigenvalue weighted by Crippen LogP contribution is 2.18. The lowest BCUT2D eigenvalue weighted by Crippen LogP contribution is -2.30. The number of aryl methyl sites for hydroxylation is 2. The number of imidazole rings is 1. The monoisotopic (exact) mass is 443 g/mol. The number of nitrogens with one attached hydrogen (secondary N) is 1. The molecule has 4 aromatic rings. The van der Waals surface area contributed by atoms with Crippen LogP contribution in [0.3, 0.4) is 0 Å². The summed E-state index contributed by atoms with van der Waals surface area (Å²) in [4.78, 5) is 16.9. The van der Waals surface area contributed by atoms with Crippen molar-refractivity contribution in [1.29, 1.82) is 0 Å². The third-order valence-corrected chi connectivity index (χ3v) is 5.32. The molecule has 0 aliphatic rings. The van der Waals surface area contributed by atoms with Gasteiger partial charge in [-0.25, -0.2) is 4.98 Å². The van der Waals surface area contributed by atoms with Gasteiger partial charge in [0.15, 0.2) is 6.61 Å². The Hall–Kier alpha value is -3.80. The summed E-state index contributed by atoms with van der Waals surface area (Å²) in [6.45, 7) is 3.91. The summed E-state index contributed by atoms with van der Waals surface area (Å²) < 4.78 is 13.7. The zero-order chi connectivity index (χ0) is 22.9. The fourth-order valence-electron chi connectivity index (χ4n) is 3.72. The number of para-hydroxylation sites is 3. The molecule has 1 N–H and O–H groups in total. The maximum Gasteiger partial charge on any atom is 0.257 e. The maximum atomic E-state index is 12.1. The van der Waals surface area contributed by atoms with E-state index in [1.165, 1.54) is 5.56 Å². The fourth-order valence-corrected chi connectivity index (χ4v) is 3.72. The van der Waals surface area contributed by atoms with Gasteiger partial charge in [-0.1, -0.05) is 42.5 Å². The number of nitrogens with zero attached hydrogens (tertiary/aromatic N) is 2. The van der Waals surface area contributed by atoms with E-state index in [9.17, 15) is 4.79 Å². The molecular weight excluding hydrogens is 414 g/mol. The second-order valence-electron chi connectivity index (χ2n) is 7.89. The van der Waals surface area contributed by atoms with Crippen molar-refractivity contribution >= 4 is 16.9 Å². The molecular formula is C27H29N3O3. The fraction of sp³-hybridized carbons (Fsp3) is 0.259. The van der Waals surface area contributed by atoms with Crippen LogP contribution in [0.25, 0.3) is 11.0 Å². The molecule has 0 aliphatic heterocycles. The van der Waals surface area contributed by atoms with Crippen LogP contribution in [0.4, 0.5) is 0 Å². The first-order valence-electron chi connectivity index (χ1n) is 11.3. The summed E-state index contributed by atoms with van der Waals surface area (Å²) in [5.41, 5.74) is 3.25. The molecule has 33 heavy (non-hydrogen) atoms. The lowest BCUT2D eigenvalue weighted by Gasteiger charge is -2.12. The van der Waals surface area contributed by atoms with Gasteiger partial charge in [0.2, 0.25) is 0 Å². The molecule has 6 nitrogen and oxygen atoms in total. The minimum Gasteiger partial charge on any atom is -0.492 e. The number of hydrogen-bond donors (Lipinski definition) is 1. The summed E-state index contributed by atoms with van der Waals surface area (Å²) in [6.07, 6.45) is 1.55. The lowest BCUT2D eigenvalue weighted by atomic mass is 10.2. The number of amides is 1. The Labute approximate surface area is 194 Å². The van der Waals surface area contributed by atoms with Gasteiger partial charge in [-0.2, -0.15) is 0 Å². The molecule has 1 heterocycles. The summed E-state index contributed by atoms with van der Waals surface area (Å²) in [6, 6.07) is 25.6. The second-order valence-corrected chi connectivity index (χ2v) is 7.89. The van der Waals surface area contributed by atoms with Gasteiger partial charge >= 0.3 is 0 Å². The molecule has 3 aromatic carbocycles. The maximum absolute atomic E-state index is 12.1. The third-order valence-electron chi connectivity index (χ3n) is 5.32. The van der Waals surface area contributed by atoms with E-state index in [1.807, 2.05) is 66.7 Å². The van der Waals surface area contributed by atoms with E-state index in [2.05, 4.69) is 28.9 Å². The predicted octanol–water partition coefficient (Wildman–Crippen LogP) is 4.55. The van der Waals surface area contributed by atoms with Crippen molar-refractivity contribution in [1.82, 2.24) is 14.9 Å². The first-order valence-corrected chi connectivity index (χ1v) is 11.3. The molecule has 1 amide bonds. The number of benzene rings is 3. The van der Waals surface area contributed by atoms with E-state index >= 15 is 0 Å².